The molecule has 0 unspecified atom stereocenters. The molecule has 1 N–H and O–H groups in total. The Morgan fingerprint density at radius 1 is 0.946 bits per heavy atom. The van der Waals surface area contributed by atoms with E-state index in [0.717, 1.165) is 16.0 Å². The summed E-state index contributed by atoms with van der Waals surface area (Å²) in [5.41, 5.74) is 2.13. The average Bonchev–Trinajstić information content (AvgIpc) is 2.87. The number of nitrogens with one attached hydrogen (secondary N) is 1. The Kier molecular flexibility index (Phi) is 8.07. The summed E-state index contributed by atoms with van der Waals surface area (Å²) in [6, 6.07) is 14.4. The number of barbiturate groups is 1. The molecule has 3 aromatic carbocycles. The molecule has 4 amide bonds. The molecule has 0 aliphatic carbocycles. The number of hydrogen-bond acceptors (Lipinski definition) is 5. The van der Waals surface area contributed by atoms with E-state index in [2.05, 4.69) is 5.32 Å². The predicted octanol–water partition coefficient (Wildman–Crippen LogP) is 6.46. The van der Waals surface area contributed by atoms with Gasteiger partial charge in [-0.3, -0.25) is 14.9 Å². The van der Waals surface area contributed by atoms with Gasteiger partial charge >= 0.3 is 6.03 Å². The highest BCUT2D eigenvalue weighted by Gasteiger charge is 2.37. The average molecular weight is 560 g/mol. The summed E-state index contributed by atoms with van der Waals surface area (Å²) in [6.45, 7) is 2.05. The Balaban J connectivity index is 1.65. The third-order valence-electron chi connectivity index (χ3n) is 5.65. The zero-order valence-corrected chi connectivity index (χ0v) is 22.1. The third kappa shape index (κ3) is 5.59. The lowest BCUT2D eigenvalue weighted by atomic mass is 10.0. The first-order chi connectivity index (χ1) is 17.7. The summed E-state index contributed by atoms with van der Waals surface area (Å²) in [6.07, 6.45) is 1.94. The molecular weight excluding hydrogens is 539 g/mol. The van der Waals surface area contributed by atoms with Crippen molar-refractivity contribution in [2.24, 2.45) is 0 Å². The number of imide groups is 2. The number of para-hydroxylation sites is 1. The van der Waals surface area contributed by atoms with Crippen LogP contribution in [0.2, 0.25) is 15.1 Å². The number of amides is 4. The molecule has 7 nitrogen and oxygen atoms in total. The Labute approximate surface area is 228 Å². The van der Waals surface area contributed by atoms with Crippen LogP contribution in [0.5, 0.6) is 11.5 Å². The highest BCUT2D eigenvalue weighted by atomic mass is 35.5. The van der Waals surface area contributed by atoms with Crippen molar-refractivity contribution < 1.29 is 23.9 Å². The van der Waals surface area contributed by atoms with E-state index in [-0.39, 0.29) is 28.7 Å². The van der Waals surface area contributed by atoms with Crippen LogP contribution in [0, 0.1) is 0 Å². The maximum atomic E-state index is 13.3. The largest absolute Gasteiger partial charge is 0.493 e. The SMILES string of the molecule is CCc1ccccc1N1C(=O)NC(=O)/C(=C/c2cc(Cl)c(OCc3ccc(Cl)c(Cl)c3)c(OC)c2)C1=O. The van der Waals surface area contributed by atoms with Crippen molar-refractivity contribution in [2.45, 2.75) is 20.0 Å². The monoisotopic (exact) mass is 558 g/mol. The van der Waals surface area contributed by atoms with Gasteiger partial charge in [0, 0.05) is 0 Å². The minimum Gasteiger partial charge on any atom is -0.493 e. The van der Waals surface area contributed by atoms with E-state index in [4.69, 9.17) is 44.3 Å². The van der Waals surface area contributed by atoms with Crippen LogP contribution >= 0.6 is 34.8 Å². The van der Waals surface area contributed by atoms with E-state index in [1.807, 2.05) is 19.1 Å². The molecule has 0 aromatic heterocycles. The zero-order chi connectivity index (χ0) is 26.7. The lowest BCUT2D eigenvalue weighted by Crippen LogP contribution is -2.54. The number of ether oxygens (including phenoxy) is 2. The molecule has 37 heavy (non-hydrogen) atoms. The van der Waals surface area contributed by atoms with Crippen molar-refractivity contribution in [2.75, 3.05) is 12.0 Å². The van der Waals surface area contributed by atoms with Gasteiger partial charge in [0.05, 0.1) is 27.9 Å². The number of urea groups is 1. The lowest BCUT2D eigenvalue weighted by Gasteiger charge is -2.28. The smallest absolute Gasteiger partial charge is 0.335 e. The third-order valence-corrected chi connectivity index (χ3v) is 6.66. The van der Waals surface area contributed by atoms with Crippen LogP contribution in [-0.2, 0) is 22.6 Å². The molecule has 190 valence electrons. The highest BCUT2D eigenvalue weighted by molar-refractivity contribution is 6.42. The fourth-order valence-corrected chi connectivity index (χ4v) is 4.41. The van der Waals surface area contributed by atoms with E-state index in [1.165, 1.54) is 19.3 Å². The van der Waals surface area contributed by atoms with Gasteiger partial charge in [-0.15, -0.1) is 0 Å². The number of benzene rings is 3. The fraction of sp³-hybridized carbons (Fsp3) is 0.148. The number of hydrogen-bond donors (Lipinski definition) is 1. The highest BCUT2D eigenvalue weighted by Crippen LogP contribution is 2.38. The summed E-state index contributed by atoms with van der Waals surface area (Å²) in [7, 11) is 1.44. The summed E-state index contributed by atoms with van der Waals surface area (Å²) >= 11 is 18.5. The molecule has 0 saturated carbocycles. The first kappa shape index (κ1) is 26.5. The van der Waals surface area contributed by atoms with Gasteiger partial charge in [-0.1, -0.05) is 66.0 Å². The van der Waals surface area contributed by atoms with Crippen LogP contribution in [0.25, 0.3) is 6.08 Å². The summed E-state index contributed by atoms with van der Waals surface area (Å²) < 4.78 is 11.3. The Morgan fingerprint density at radius 2 is 1.70 bits per heavy atom. The zero-order valence-electron chi connectivity index (χ0n) is 19.8. The van der Waals surface area contributed by atoms with Gasteiger partial charge in [-0.25, -0.2) is 9.69 Å². The van der Waals surface area contributed by atoms with Crippen LogP contribution in [0.3, 0.4) is 0 Å². The topological polar surface area (TPSA) is 84.9 Å². The van der Waals surface area contributed by atoms with Gasteiger partial charge in [-0.05, 0) is 59.5 Å². The Bertz CT molecular complexity index is 1440. The van der Waals surface area contributed by atoms with E-state index in [1.54, 1.807) is 36.4 Å². The summed E-state index contributed by atoms with van der Waals surface area (Å²) in [5, 5.41) is 3.25. The van der Waals surface area contributed by atoms with Crippen molar-refractivity contribution in [1.82, 2.24) is 5.32 Å². The minimum absolute atomic E-state index is 0.141. The number of anilines is 1. The number of carbonyl (C=O) groups is 3. The molecule has 1 heterocycles. The van der Waals surface area contributed by atoms with E-state index >= 15 is 0 Å². The standard InChI is InChI=1S/C27H21Cl3N2O5/c1-3-17-6-4-5-7-22(17)32-26(34)18(25(33)31-27(32)35)10-16-12-21(30)24(23(13-16)36-2)37-14-15-8-9-19(28)20(29)11-15/h4-13H,3,14H2,1-2H3,(H,31,33,35)/b18-10-. The summed E-state index contributed by atoms with van der Waals surface area (Å²) in [4.78, 5) is 39.5. The molecule has 1 aliphatic heterocycles. The second-order valence-electron chi connectivity index (χ2n) is 8.01. The van der Waals surface area contributed by atoms with E-state index < -0.39 is 17.8 Å². The van der Waals surface area contributed by atoms with Gasteiger partial charge in [0.25, 0.3) is 11.8 Å². The molecule has 0 spiro atoms. The van der Waals surface area contributed by atoms with Crippen molar-refractivity contribution in [1.29, 1.82) is 0 Å². The molecular formula is C27H21Cl3N2O5. The normalized spacial score (nSPS) is 14.7. The van der Waals surface area contributed by atoms with Crippen molar-refractivity contribution in [3.8, 4) is 11.5 Å². The Hall–Kier alpha value is -3.52. The van der Waals surface area contributed by atoms with E-state index in [9.17, 15) is 14.4 Å². The molecule has 10 heteroatoms. The number of aryl methyl sites for hydroxylation is 1. The Morgan fingerprint density at radius 3 is 2.41 bits per heavy atom. The number of nitrogens with zero attached hydrogens (tertiary/aromatic N) is 1. The second-order valence-corrected chi connectivity index (χ2v) is 9.23. The lowest BCUT2D eigenvalue weighted by molar-refractivity contribution is -0.122. The van der Waals surface area contributed by atoms with Crippen LogP contribution in [-0.4, -0.2) is 25.0 Å². The molecule has 3 aromatic rings. The van der Waals surface area contributed by atoms with Crippen LogP contribution in [0.1, 0.15) is 23.6 Å². The quantitative estimate of drug-likeness (QED) is 0.265. The van der Waals surface area contributed by atoms with Gasteiger partial charge in [-0.2, -0.15) is 0 Å². The van der Waals surface area contributed by atoms with E-state index in [0.29, 0.717) is 27.7 Å². The molecule has 1 aliphatic rings. The maximum Gasteiger partial charge on any atom is 0.335 e. The number of methoxy groups -OCH3 is 1. The molecule has 1 fully saturated rings. The second kappa shape index (κ2) is 11.3. The number of rotatable bonds is 7. The molecule has 0 radical (unpaired) electrons. The maximum absolute atomic E-state index is 13.3. The minimum atomic E-state index is -0.810. The van der Waals surface area contributed by atoms with Crippen LogP contribution < -0.4 is 19.7 Å². The molecule has 0 bridgehead atoms. The van der Waals surface area contributed by atoms with Crippen molar-refractivity contribution in [3.63, 3.8) is 0 Å². The first-order valence-electron chi connectivity index (χ1n) is 11.2. The molecule has 0 atom stereocenters. The van der Waals surface area contributed by atoms with Crippen molar-refractivity contribution in [3.05, 3.63) is 91.9 Å². The summed E-state index contributed by atoms with van der Waals surface area (Å²) in [5.74, 6) is -1.00. The van der Waals surface area contributed by atoms with Crippen molar-refractivity contribution >= 4 is 64.4 Å². The van der Waals surface area contributed by atoms with Gasteiger partial charge in [0.1, 0.15) is 12.2 Å². The van der Waals surface area contributed by atoms with Gasteiger partial charge < -0.3 is 9.47 Å². The van der Waals surface area contributed by atoms with Gasteiger partial charge in [0.2, 0.25) is 0 Å². The first-order valence-corrected chi connectivity index (χ1v) is 12.3. The molecule has 1 saturated heterocycles. The fourth-order valence-electron chi connectivity index (χ4n) is 3.82. The molecule has 4 rings (SSSR count). The predicted molar refractivity (Wildman–Crippen MR) is 144 cm³/mol. The van der Waals surface area contributed by atoms with Crippen LogP contribution in [0.15, 0.2) is 60.2 Å². The number of halogens is 3. The van der Waals surface area contributed by atoms with Crippen LogP contribution in [0.4, 0.5) is 10.5 Å². The number of carbonyl (C=O) groups excluding carboxylic acids is 3. The van der Waals surface area contributed by atoms with Gasteiger partial charge in [0.15, 0.2) is 11.5 Å².